The monoisotopic (exact) mass is 283 g/mol. The molecule has 0 aliphatic heterocycles. The van der Waals surface area contributed by atoms with E-state index in [1.165, 1.54) is 44.1 Å². The van der Waals surface area contributed by atoms with Crippen molar-refractivity contribution in [3.8, 4) is 0 Å². The van der Waals surface area contributed by atoms with E-state index in [-0.39, 0.29) is 0 Å². The number of halogens is 1. The molecule has 90 valence electrons. The van der Waals surface area contributed by atoms with Gasteiger partial charge in [-0.15, -0.1) is 0 Å². The number of hydrogen-bond donors (Lipinski definition) is 0. The molecule has 2 heteroatoms. The molecule has 0 saturated carbocycles. The minimum atomic E-state index is 0.706. The van der Waals surface area contributed by atoms with Crippen molar-refractivity contribution >= 4 is 15.9 Å². The summed E-state index contributed by atoms with van der Waals surface area (Å²) in [6.07, 6.45) is 9.88. The first kappa shape index (κ1) is 13.7. The minimum Gasteiger partial charge on any atom is -0.249 e. The average molecular weight is 284 g/mol. The normalized spacial score (nSPS) is 12.7. The summed E-state index contributed by atoms with van der Waals surface area (Å²) in [5.74, 6) is 0.706. The van der Waals surface area contributed by atoms with Crippen molar-refractivity contribution in [3.63, 3.8) is 0 Å². The van der Waals surface area contributed by atoms with Crippen molar-refractivity contribution in [1.29, 1.82) is 0 Å². The standard InChI is InChI=1S/C14H22BrN/c1-3-5-6-8-12(7-4-2)13-9-10-14(15)16-11-13/h9-12H,3-8H2,1-2H3. The maximum atomic E-state index is 4.33. The van der Waals surface area contributed by atoms with Crippen LogP contribution in [0.25, 0.3) is 0 Å². The molecule has 0 saturated heterocycles. The Kier molecular flexibility index (Phi) is 6.70. The van der Waals surface area contributed by atoms with Crippen LogP contribution >= 0.6 is 15.9 Å². The van der Waals surface area contributed by atoms with Crippen molar-refractivity contribution in [1.82, 2.24) is 4.98 Å². The zero-order valence-electron chi connectivity index (χ0n) is 10.4. The Morgan fingerprint density at radius 1 is 1.12 bits per heavy atom. The van der Waals surface area contributed by atoms with Gasteiger partial charge in [0.1, 0.15) is 4.60 Å². The van der Waals surface area contributed by atoms with Gasteiger partial charge in [0.05, 0.1) is 0 Å². The van der Waals surface area contributed by atoms with Crippen LogP contribution in [0.3, 0.4) is 0 Å². The molecule has 16 heavy (non-hydrogen) atoms. The molecule has 0 aromatic carbocycles. The lowest BCUT2D eigenvalue weighted by Crippen LogP contribution is -1.99. The highest BCUT2D eigenvalue weighted by Crippen LogP contribution is 2.27. The third kappa shape index (κ3) is 4.65. The summed E-state index contributed by atoms with van der Waals surface area (Å²) in [5.41, 5.74) is 1.40. The van der Waals surface area contributed by atoms with Gasteiger partial charge < -0.3 is 0 Å². The number of rotatable bonds is 7. The van der Waals surface area contributed by atoms with E-state index in [4.69, 9.17) is 0 Å². The van der Waals surface area contributed by atoms with Gasteiger partial charge in [0.25, 0.3) is 0 Å². The smallest absolute Gasteiger partial charge is 0.106 e. The van der Waals surface area contributed by atoms with E-state index in [1.54, 1.807) is 0 Å². The van der Waals surface area contributed by atoms with Gasteiger partial charge in [-0.25, -0.2) is 4.98 Å². The molecule has 1 nitrogen and oxygen atoms in total. The van der Waals surface area contributed by atoms with E-state index >= 15 is 0 Å². The molecular weight excluding hydrogens is 262 g/mol. The Bertz CT molecular complexity index is 281. The minimum absolute atomic E-state index is 0.706. The van der Waals surface area contributed by atoms with Crippen molar-refractivity contribution in [2.24, 2.45) is 0 Å². The first-order valence-corrected chi connectivity index (χ1v) is 7.18. The van der Waals surface area contributed by atoms with Crippen molar-refractivity contribution in [3.05, 3.63) is 28.5 Å². The molecule has 1 rings (SSSR count). The second-order valence-corrected chi connectivity index (χ2v) is 5.21. The lowest BCUT2D eigenvalue weighted by Gasteiger charge is -2.16. The van der Waals surface area contributed by atoms with Gasteiger partial charge in [0.2, 0.25) is 0 Å². The van der Waals surface area contributed by atoms with Crippen molar-refractivity contribution in [2.45, 2.75) is 58.3 Å². The predicted molar refractivity (Wildman–Crippen MR) is 73.7 cm³/mol. The van der Waals surface area contributed by atoms with Crippen LogP contribution in [0, 0.1) is 0 Å². The molecule has 1 atom stereocenters. The van der Waals surface area contributed by atoms with Crippen molar-refractivity contribution in [2.75, 3.05) is 0 Å². The Morgan fingerprint density at radius 3 is 2.50 bits per heavy atom. The molecule has 1 aromatic rings. The number of hydrogen-bond acceptors (Lipinski definition) is 1. The third-order valence-corrected chi connectivity index (χ3v) is 3.48. The van der Waals surface area contributed by atoms with Gasteiger partial charge >= 0.3 is 0 Å². The van der Waals surface area contributed by atoms with Gasteiger partial charge in [-0.05, 0) is 46.3 Å². The lowest BCUT2D eigenvalue weighted by atomic mass is 9.90. The average Bonchev–Trinajstić information content (AvgIpc) is 2.29. The highest BCUT2D eigenvalue weighted by Gasteiger charge is 2.10. The molecule has 0 N–H and O–H groups in total. The second kappa shape index (κ2) is 7.83. The van der Waals surface area contributed by atoms with Gasteiger partial charge in [-0.3, -0.25) is 0 Å². The van der Waals surface area contributed by atoms with E-state index < -0.39 is 0 Å². The third-order valence-electron chi connectivity index (χ3n) is 3.01. The van der Waals surface area contributed by atoms with E-state index in [2.05, 4.69) is 46.9 Å². The SMILES string of the molecule is CCCCCC(CCC)c1ccc(Br)nc1. The Balaban J connectivity index is 2.57. The highest BCUT2D eigenvalue weighted by molar-refractivity contribution is 9.10. The Labute approximate surface area is 108 Å². The molecule has 0 bridgehead atoms. The summed E-state index contributed by atoms with van der Waals surface area (Å²) in [6.45, 7) is 4.52. The molecule has 0 aliphatic carbocycles. The van der Waals surface area contributed by atoms with Crippen LogP contribution in [0.5, 0.6) is 0 Å². The lowest BCUT2D eigenvalue weighted by molar-refractivity contribution is 0.528. The summed E-state index contributed by atoms with van der Waals surface area (Å²) in [4.78, 5) is 4.33. The maximum absolute atomic E-state index is 4.33. The quantitative estimate of drug-likeness (QED) is 0.488. The molecule has 0 amide bonds. The predicted octanol–water partition coefficient (Wildman–Crippen LogP) is 5.31. The fraction of sp³-hybridized carbons (Fsp3) is 0.643. The largest absolute Gasteiger partial charge is 0.249 e. The molecular formula is C14H22BrN. The Morgan fingerprint density at radius 2 is 1.94 bits per heavy atom. The summed E-state index contributed by atoms with van der Waals surface area (Å²) in [6, 6.07) is 4.27. The first-order valence-electron chi connectivity index (χ1n) is 6.39. The molecule has 1 heterocycles. The number of unbranched alkanes of at least 4 members (excludes halogenated alkanes) is 2. The van der Waals surface area contributed by atoms with Crippen LogP contribution in [0.2, 0.25) is 0 Å². The summed E-state index contributed by atoms with van der Waals surface area (Å²) >= 11 is 3.39. The molecule has 0 fully saturated rings. The van der Waals surface area contributed by atoms with E-state index in [0.717, 1.165) is 4.60 Å². The molecule has 0 aliphatic rings. The summed E-state index contributed by atoms with van der Waals surface area (Å²) in [5, 5.41) is 0. The number of aromatic nitrogens is 1. The van der Waals surface area contributed by atoms with Gasteiger partial charge in [-0.2, -0.15) is 0 Å². The van der Waals surface area contributed by atoms with E-state index in [1.807, 2.05) is 6.20 Å². The molecule has 1 aromatic heterocycles. The topological polar surface area (TPSA) is 12.9 Å². The zero-order chi connectivity index (χ0) is 11.8. The summed E-state index contributed by atoms with van der Waals surface area (Å²) in [7, 11) is 0. The molecule has 1 unspecified atom stereocenters. The molecule has 0 spiro atoms. The zero-order valence-corrected chi connectivity index (χ0v) is 12.0. The van der Waals surface area contributed by atoms with Crippen LogP contribution in [-0.2, 0) is 0 Å². The fourth-order valence-corrected chi connectivity index (χ4v) is 2.33. The first-order chi connectivity index (χ1) is 7.77. The second-order valence-electron chi connectivity index (χ2n) is 4.40. The van der Waals surface area contributed by atoms with Gasteiger partial charge in [-0.1, -0.05) is 45.6 Å². The highest BCUT2D eigenvalue weighted by atomic mass is 79.9. The van der Waals surface area contributed by atoms with Crippen LogP contribution in [-0.4, -0.2) is 4.98 Å². The van der Waals surface area contributed by atoms with Crippen LogP contribution < -0.4 is 0 Å². The number of pyridine rings is 1. The maximum Gasteiger partial charge on any atom is 0.106 e. The van der Waals surface area contributed by atoms with Gasteiger partial charge in [0, 0.05) is 6.20 Å². The fourth-order valence-electron chi connectivity index (χ4n) is 2.10. The van der Waals surface area contributed by atoms with Crippen LogP contribution in [0.15, 0.2) is 22.9 Å². The van der Waals surface area contributed by atoms with Crippen LogP contribution in [0.1, 0.15) is 63.9 Å². The van der Waals surface area contributed by atoms with E-state index in [0.29, 0.717) is 5.92 Å². The molecule has 0 radical (unpaired) electrons. The number of nitrogens with zero attached hydrogens (tertiary/aromatic N) is 1. The Hall–Kier alpha value is -0.370. The van der Waals surface area contributed by atoms with Gasteiger partial charge in [0.15, 0.2) is 0 Å². The van der Waals surface area contributed by atoms with E-state index in [9.17, 15) is 0 Å². The summed E-state index contributed by atoms with van der Waals surface area (Å²) < 4.78 is 0.931. The van der Waals surface area contributed by atoms with Crippen LogP contribution in [0.4, 0.5) is 0 Å². The van der Waals surface area contributed by atoms with Crippen molar-refractivity contribution < 1.29 is 0 Å².